The summed E-state index contributed by atoms with van der Waals surface area (Å²) in [5.74, 6) is -0.348. The number of carbonyl (C=O) groups is 2. The first-order chi connectivity index (χ1) is 10.0. The highest BCUT2D eigenvalue weighted by Gasteiger charge is 2.25. The standard InChI is InChI=1S/C15H20ClN3O2.ClH/c1-10-4-2-3-7-19(10)15(21)12-6-5-11(8-13(12)16)18-14(20)9-17;/h5-6,8,10H,2-4,7,9,17H2,1H3,(H,18,20);1H. The van der Waals surface area contributed by atoms with Crippen molar-refractivity contribution in [2.75, 3.05) is 18.4 Å². The molecule has 0 aromatic heterocycles. The van der Waals surface area contributed by atoms with Crippen molar-refractivity contribution in [1.82, 2.24) is 4.90 Å². The first kappa shape index (κ1) is 18.7. The topological polar surface area (TPSA) is 75.4 Å². The van der Waals surface area contributed by atoms with Crippen LogP contribution in [0.15, 0.2) is 18.2 Å². The Hall–Kier alpha value is -1.30. The third-order valence-electron chi connectivity index (χ3n) is 3.73. The van der Waals surface area contributed by atoms with Crippen molar-refractivity contribution in [3.63, 3.8) is 0 Å². The van der Waals surface area contributed by atoms with Gasteiger partial charge in [0.2, 0.25) is 5.91 Å². The van der Waals surface area contributed by atoms with Crippen LogP contribution in [-0.4, -0.2) is 35.8 Å². The summed E-state index contributed by atoms with van der Waals surface area (Å²) in [6, 6.07) is 5.13. The number of rotatable bonds is 3. The maximum atomic E-state index is 12.6. The second kappa shape index (κ2) is 8.36. The van der Waals surface area contributed by atoms with Crippen LogP contribution in [0.1, 0.15) is 36.5 Å². The van der Waals surface area contributed by atoms with Crippen LogP contribution in [0.25, 0.3) is 0 Å². The molecule has 2 amide bonds. The number of nitrogens with two attached hydrogens (primary N) is 1. The quantitative estimate of drug-likeness (QED) is 0.884. The number of amides is 2. The van der Waals surface area contributed by atoms with Crippen molar-refractivity contribution >= 4 is 41.5 Å². The van der Waals surface area contributed by atoms with Gasteiger partial charge in [-0.2, -0.15) is 0 Å². The smallest absolute Gasteiger partial charge is 0.255 e. The number of nitrogens with zero attached hydrogens (tertiary/aromatic N) is 1. The van der Waals surface area contributed by atoms with Crippen LogP contribution in [-0.2, 0) is 4.79 Å². The van der Waals surface area contributed by atoms with Crippen LogP contribution < -0.4 is 11.1 Å². The molecule has 22 heavy (non-hydrogen) atoms. The Morgan fingerprint density at radius 1 is 1.41 bits per heavy atom. The lowest BCUT2D eigenvalue weighted by Crippen LogP contribution is -2.42. The minimum Gasteiger partial charge on any atom is -0.336 e. The molecule has 1 saturated heterocycles. The average molecular weight is 346 g/mol. The molecule has 122 valence electrons. The molecule has 0 bridgehead atoms. The Morgan fingerprint density at radius 3 is 2.73 bits per heavy atom. The second-order valence-corrected chi connectivity index (χ2v) is 5.70. The summed E-state index contributed by atoms with van der Waals surface area (Å²) in [7, 11) is 0. The molecule has 1 aromatic rings. The molecule has 1 unspecified atom stereocenters. The number of hydrogen-bond acceptors (Lipinski definition) is 3. The lowest BCUT2D eigenvalue weighted by Gasteiger charge is -2.33. The van der Waals surface area contributed by atoms with E-state index in [4.69, 9.17) is 17.3 Å². The predicted octanol–water partition coefficient (Wildman–Crippen LogP) is 2.67. The highest BCUT2D eigenvalue weighted by atomic mass is 35.5. The fraction of sp³-hybridized carbons (Fsp3) is 0.467. The van der Waals surface area contributed by atoms with Gasteiger partial charge in [-0.05, 0) is 44.4 Å². The zero-order chi connectivity index (χ0) is 15.4. The molecule has 0 radical (unpaired) electrons. The number of carbonyl (C=O) groups excluding carboxylic acids is 2. The van der Waals surface area contributed by atoms with E-state index < -0.39 is 0 Å². The van der Waals surface area contributed by atoms with Gasteiger partial charge in [0.25, 0.3) is 5.91 Å². The van der Waals surface area contributed by atoms with Gasteiger partial charge in [-0.1, -0.05) is 11.6 Å². The second-order valence-electron chi connectivity index (χ2n) is 5.29. The average Bonchev–Trinajstić information content (AvgIpc) is 2.47. The predicted molar refractivity (Wildman–Crippen MR) is 90.7 cm³/mol. The number of anilines is 1. The molecule has 1 aromatic carbocycles. The maximum Gasteiger partial charge on any atom is 0.255 e. The Morgan fingerprint density at radius 2 is 2.14 bits per heavy atom. The summed E-state index contributed by atoms with van der Waals surface area (Å²) < 4.78 is 0. The molecule has 1 aliphatic rings. The molecule has 0 aliphatic carbocycles. The minimum atomic E-state index is -0.296. The molecule has 5 nitrogen and oxygen atoms in total. The number of piperidine rings is 1. The van der Waals surface area contributed by atoms with Gasteiger partial charge in [0.15, 0.2) is 0 Å². The van der Waals surface area contributed by atoms with Crippen LogP contribution in [0.2, 0.25) is 5.02 Å². The Kier molecular flexibility index (Phi) is 7.13. The molecule has 3 N–H and O–H groups in total. The number of nitrogens with one attached hydrogen (secondary N) is 1. The maximum absolute atomic E-state index is 12.6. The summed E-state index contributed by atoms with van der Waals surface area (Å²) in [6.45, 7) is 2.73. The number of likely N-dealkylation sites (tertiary alicyclic amines) is 1. The van der Waals surface area contributed by atoms with Crippen LogP contribution in [0, 0.1) is 0 Å². The first-order valence-corrected chi connectivity index (χ1v) is 7.51. The fourth-order valence-electron chi connectivity index (χ4n) is 2.53. The lowest BCUT2D eigenvalue weighted by molar-refractivity contribution is -0.114. The van der Waals surface area contributed by atoms with Crippen molar-refractivity contribution in [1.29, 1.82) is 0 Å². The molecule has 0 spiro atoms. The largest absolute Gasteiger partial charge is 0.336 e. The molecule has 1 atom stereocenters. The molecular formula is C15H21Cl2N3O2. The summed E-state index contributed by atoms with van der Waals surface area (Å²) in [6.07, 6.45) is 3.20. The van der Waals surface area contributed by atoms with Gasteiger partial charge in [-0.3, -0.25) is 9.59 Å². The SMILES string of the molecule is CC1CCCCN1C(=O)c1ccc(NC(=O)CN)cc1Cl.Cl. The molecule has 1 fully saturated rings. The molecule has 7 heteroatoms. The van der Waals surface area contributed by atoms with E-state index in [-0.39, 0.29) is 36.8 Å². The van der Waals surface area contributed by atoms with E-state index in [2.05, 4.69) is 12.2 Å². The minimum absolute atomic E-state index is 0. The molecular weight excluding hydrogens is 325 g/mol. The van der Waals surface area contributed by atoms with E-state index in [0.717, 1.165) is 25.8 Å². The summed E-state index contributed by atoms with van der Waals surface area (Å²) in [5.41, 5.74) is 6.25. The van der Waals surface area contributed by atoms with Crippen LogP contribution >= 0.6 is 24.0 Å². The van der Waals surface area contributed by atoms with E-state index in [1.807, 2.05) is 4.90 Å². The van der Waals surface area contributed by atoms with Gasteiger partial charge >= 0.3 is 0 Å². The third kappa shape index (κ3) is 4.35. The van der Waals surface area contributed by atoms with E-state index >= 15 is 0 Å². The van der Waals surface area contributed by atoms with Crippen molar-refractivity contribution < 1.29 is 9.59 Å². The summed E-state index contributed by atoms with van der Waals surface area (Å²) in [4.78, 5) is 25.7. The van der Waals surface area contributed by atoms with E-state index in [0.29, 0.717) is 16.3 Å². The van der Waals surface area contributed by atoms with Gasteiger partial charge in [0.1, 0.15) is 0 Å². The van der Waals surface area contributed by atoms with Gasteiger partial charge in [0.05, 0.1) is 17.1 Å². The molecule has 0 saturated carbocycles. The number of halogens is 2. The Bertz CT molecular complexity index is 552. The molecule has 1 heterocycles. The van der Waals surface area contributed by atoms with Gasteiger partial charge in [0, 0.05) is 18.3 Å². The van der Waals surface area contributed by atoms with E-state index in [1.165, 1.54) is 0 Å². The highest BCUT2D eigenvalue weighted by molar-refractivity contribution is 6.34. The Labute approximate surface area is 141 Å². The lowest BCUT2D eigenvalue weighted by atomic mass is 10.0. The van der Waals surface area contributed by atoms with Crippen LogP contribution in [0.3, 0.4) is 0 Å². The van der Waals surface area contributed by atoms with Crippen molar-refractivity contribution in [2.24, 2.45) is 5.73 Å². The van der Waals surface area contributed by atoms with Gasteiger partial charge < -0.3 is 16.0 Å². The molecule has 2 rings (SSSR count). The van der Waals surface area contributed by atoms with Crippen molar-refractivity contribution in [3.8, 4) is 0 Å². The zero-order valence-electron chi connectivity index (χ0n) is 12.5. The van der Waals surface area contributed by atoms with E-state index in [9.17, 15) is 9.59 Å². The van der Waals surface area contributed by atoms with Crippen LogP contribution in [0.5, 0.6) is 0 Å². The fourth-order valence-corrected chi connectivity index (χ4v) is 2.79. The van der Waals surface area contributed by atoms with Crippen molar-refractivity contribution in [2.45, 2.75) is 32.2 Å². The van der Waals surface area contributed by atoms with E-state index in [1.54, 1.807) is 18.2 Å². The summed E-state index contributed by atoms with van der Waals surface area (Å²) >= 11 is 6.19. The van der Waals surface area contributed by atoms with Gasteiger partial charge in [-0.15, -0.1) is 12.4 Å². The zero-order valence-corrected chi connectivity index (χ0v) is 14.0. The summed E-state index contributed by atoms with van der Waals surface area (Å²) in [5, 5.41) is 2.95. The Balaban J connectivity index is 0.00000242. The van der Waals surface area contributed by atoms with Crippen molar-refractivity contribution in [3.05, 3.63) is 28.8 Å². The monoisotopic (exact) mass is 345 g/mol. The van der Waals surface area contributed by atoms with Gasteiger partial charge in [-0.25, -0.2) is 0 Å². The first-order valence-electron chi connectivity index (χ1n) is 7.13. The molecule has 1 aliphatic heterocycles. The normalized spacial score (nSPS) is 17.6. The van der Waals surface area contributed by atoms with Crippen LogP contribution in [0.4, 0.5) is 5.69 Å². The third-order valence-corrected chi connectivity index (χ3v) is 4.05. The number of hydrogen-bond donors (Lipinski definition) is 2. The highest BCUT2D eigenvalue weighted by Crippen LogP contribution is 2.25. The number of benzene rings is 1.